The van der Waals surface area contributed by atoms with Gasteiger partial charge in [0.15, 0.2) is 0 Å². The van der Waals surface area contributed by atoms with Gasteiger partial charge in [-0.25, -0.2) is 0 Å². The summed E-state index contributed by atoms with van der Waals surface area (Å²) < 4.78 is 0. The number of rotatable bonds is 3. The minimum atomic E-state index is -0.146. The third-order valence-electron chi connectivity index (χ3n) is 6.97. The first-order chi connectivity index (χ1) is 12.6. The van der Waals surface area contributed by atoms with E-state index in [1.807, 2.05) is 12.1 Å². The number of thioether (sulfide) groups is 1. The molecule has 1 aromatic rings. The molecule has 6 rings (SSSR count). The molecule has 1 heterocycles. The van der Waals surface area contributed by atoms with Crippen LogP contribution in [0, 0.1) is 23.2 Å². The number of amides is 2. The Hall–Kier alpha value is -1.49. The van der Waals surface area contributed by atoms with Gasteiger partial charge >= 0.3 is 0 Å². The number of nitrogens with one attached hydrogen (secondary N) is 2. The fourth-order valence-corrected chi connectivity index (χ4v) is 7.63. The Kier molecular flexibility index (Phi) is 4.03. The molecule has 4 bridgehead atoms. The van der Waals surface area contributed by atoms with E-state index in [9.17, 15) is 9.59 Å². The van der Waals surface area contributed by atoms with Crippen LogP contribution in [0.3, 0.4) is 0 Å². The van der Waals surface area contributed by atoms with Crippen molar-refractivity contribution in [3.63, 3.8) is 0 Å². The van der Waals surface area contributed by atoms with E-state index >= 15 is 0 Å². The maximum atomic E-state index is 12.5. The first kappa shape index (κ1) is 16.7. The molecule has 4 fully saturated rings. The van der Waals surface area contributed by atoms with Crippen LogP contribution in [-0.2, 0) is 16.0 Å². The van der Waals surface area contributed by atoms with Gasteiger partial charge in [0.25, 0.3) is 5.91 Å². The van der Waals surface area contributed by atoms with Crippen molar-refractivity contribution < 1.29 is 9.59 Å². The smallest absolute Gasteiger partial charge is 0.252 e. The van der Waals surface area contributed by atoms with Gasteiger partial charge in [-0.05, 0) is 79.7 Å². The minimum Gasteiger partial charge on any atom is -0.273 e. The Balaban J connectivity index is 1.14. The standard InChI is InChI=1S/C21H26N2O2S/c24-19(12-21-9-13-5-14(10-21)7-15(6-13)11-21)22-23-20(25)18-8-16-3-1-2-4-17(16)26-18/h1-4,13-15,18H,5-12H2,(H,22,24)(H,23,25). The van der Waals surface area contributed by atoms with E-state index in [0.717, 1.165) is 24.2 Å². The number of carbonyl (C=O) groups excluding carboxylic acids is 2. The van der Waals surface area contributed by atoms with Crippen LogP contribution in [0.1, 0.15) is 50.5 Å². The molecular formula is C21H26N2O2S. The van der Waals surface area contributed by atoms with Crippen LogP contribution >= 0.6 is 11.8 Å². The Morgan fingerprint density at radius 2 is 1.65 bits per heavy atom. The average molecular weight is 371 g/mol. The van der Waals surface area contributed by atoms with E-state index in [2.05, 4.69) is 23.0 Å². The van der Waals surface area contributed by atoms with Gasteiger partial charge in [0.1, 0.15) is 0 Å². The lowest BCUT2D eigenvalue weighted by atomic mass is 9.49. The van der Waals surface area contributed by atoms with Gasteiger partial charge in [-0.15, -0.1) is 11.8 Å². The Labute approximate surface area is 158 Å². The molecule has 0 saturated heterocycles. The summed E-state index contributed by atoms with van der Waals surface area (Å²) in [5, 5.41) is -0.146. The predicted octanol–water partition coefficient (Wildman–Crippen LogP) is 3.46. The van der Waals surface area contributed by atoms with Gasteiger partial charge in [-0.2, -0.15) is 0 Å². The quantitative estimate of drug-likeness (QED) is 0.801. The summed E-state index contributed by atoms with van der Waals surface area (Å²) in [5.41, 5.74) is 6.82. The molecule has 5 aliphatic rings. The molecule has 138 valence electrons. The monoisotopic (exact) mass is 370 g/mol. The van der Waals surface area contributed by atoms with Gasteiger partial charge in [-0.1, -0.05) is 18.2 Å². The molecule has 1 aromatic carbocycles. The molecule has 2 amide bonds. The first-order valence-electron chi connectivity index (χ1n) is 9.92. The van der Waals surface area contributed by atoms with Crippen LogP contribution in [0.5, 0.6) is 0 Å². The minimum absolute atomic E-state index is 0.0131. The normalized spacial score (nSPS) is 36.6. The number of fused-ring (bicyclic) bond motifs is 1. The van der Waals surface area contributed by atoms with E-state index in [1.165, 1.54) is 49.0 Å². The fraction of sp³-hybridized carbons (Fsp3) is 0.619. The van der Waals surface area contributed by atoms with Crippen LogP contribution in [0.4, 0.5) is 0 Å². The highest BCUT2D eigenvalue weighted by Gasteiger charge is 2.51. The van der Waals surface area contributed by atoms with Crippen molar-refractivity contribution in [2.75, 3.05) is 0 Å². The van der Waals surface area contributed by atoms with Crippen molar-refractivity contribution in [3.05, 3.63) is 29.8 Å². The van der Waals surface area contributed by atoms with E-state index in [-0.39, 0.29) is 22.5 Å². The lowest BCUT2D eigenvalue weighted by molar-refractivity contribution is -0.134. The zero-order valence-corrected chi connectivity index (χ0v) is 15.8. The van der Waals surface area contributed by atoms with Gasteiger partial charge in [-0.3, -0.25) is 20.4 Å². The SMILES string of the molecule is O=C(CC12CC3CC(CC(C3)C1)C2)NNC(=O)C1Cc2ccccc2S1. The summed E-state index contributed by atoms with van der Waals surface area (Å²) in [6.45, 7) is 0. The van der Waals surface area contributed by atoms with Crippen LogP contribution in [0.25, 0.3) is 0 Å². The zero-order valence-electron chi connectivity index (χ0n) is 15.0. The van der Waals surface area contributed by atoms with Gasteiger partial charge in [0.05, 0.1) is 5.25 Å². The molecule has 0 radical (unpaired) electrons. The lowest BCUT2D eigenvalue weighted by Gasteiger charge is -2.56. The third kappa shape index (κ3) is 3.04. The maximum absolute atomic E-state index is 12.5. The zero-order chi connectivity index (χ0) is 17.7. The number of hydrogen-bond acceptors (Lipinski definition) is 3. The van der Waals surface area contributed by atoms with Gasteiger partial charge in [0, 0.05) is 11.3 Å². The van der Waals surface area contributed by atoms with Crippen molar-refractivity contribution >= 4 is 23.6 Å². The second-order valence-electron chi connectivity index (χ2n) is 9.05. The van der Waals surface area contributed by atoms with Crippen molar-refractivity contribution in [2.45, 2.75) is 61.5 Å². The third-order valence-corrected chi connectivity index (χ3v) is 8.28. The molecule has 26 heavy (non-hydrogen) atoms. The van der Waals surface area contributed by atoms with E-state index in [0.29, 0.717) is 6.42 Å². The van der Waals surface area contributed by atoms with E-state index in [1.54, 1.807) is 11.8 Å². The average Bonchev–Trinajstić information content (AvgIpc) is 3.02. The van der Waals surface area contributed by atoms with Crippen molar-refractivity contribution in [2.24, 2.45) is 23.2 Å². The van der Waals surface area contributed by atoms with Crippen LogP contribution in [0.15, 0.2) is 29.2 Å². The summed E-state index contributed by atoms with van der Waals surface area (Å²) in [6.07, 6.45) is 9.12. The summed E-state index contributed by atoms with van der Waals surface area (Å²) >= 11 is 1.59. The predicted molar refractivity (Wildman–Crippen MR) is 101 cm³/mol. The molecule has 4 aliphatic carbocycles. The second-order valence-corrected chi connectivity index (χ2v) is 10.3. The van der Waals surface area contributed by atoms with Gasteiger partial charge in [0.2, 0.25) is 5.91 Å². The van der Waals surface area contributed by atoms with Crippen molar-refractivity contribution in [1.82, 2.24) is 10.9 Å². The highest BCUT2D eigenvalue weighted by molar-refractivity contribution is 8.01. The Morgan fingerprint density at radius 1 is 1.00 bits per heavy atom. The maximum Gasteiger partial charge on any atom is 0.252 e. The fourth-order valence-electron chi connectivity index (χ4n) is 6.43. The Morgan fingerprint density at radius 3 is 2.31 bits per heavy atom. The van der Waals surface area contributed by atoms with Gasteiger partial charge < -0.3 is 0 Å². The molecule has 0 spiro atoms. The largest absolute Gasteiger partial charge is 0.273 e. The lowest BCUT2D eigenvalue weighted by Crippen LogP contribution is -2.51. The second kappa shape index (κ2) is 6.29. The van der Waals surface area contributed by atoms with Crippen molar-refractivity contribution in [3.8, 4) is 0 Å². The molecule has 1 atom stereocenters. The van der Waals surface area contributed by atoms with Crippen LogP contribution in [0.2, 0.25) is 0 Å². The highest BCUT2D eigenvalue weighted by atomic mass is 32.2. The molecule has 1 unspecified atom stereocenters. The van der Waals surface area contributed by atoms with Crippen molar-refractivity contribution in [1.29, 1.82) is 0 Å². The molecule has 1 aliphatic heterocycles. The number of hydrazine groups is 1. The highest BCUT2D eigenvalue weighted by Crippen LogP contribution is 2.61. The molecule has 2 N–H and O–H groups in total. The molecular weight excluding hydrogens is 344 g/mol. The van der Waals surface area contributed by atoms with E-state index in [4.69, 9.17) is 0 Å². The number of benzene rings is 1. The molecule has 4 nitrogen and oxygen atoms in total. The molecule has 0 aromatic heterocycles. The molecule has 5 heteroatoms. The van der Waals surface area contributed by atoms with Crippen LogP contribution in [-0.4, -0.2) is 17.1 Å². The topological polar surface area (TPSA) is 58.2 Å². The van der Waals surface area contributed by atoms with E-state index < -0.39 is 0 Å². The number of carbonyl (C=O) groups is 2. The summed E-state index contributed by atoms with van der Waals surface area (Å²) in [5.74, 6) is 2.43. The first-order valence-corrected chi connectivity index (χ1v) is 10.8. The Bertz CT molecular complexity index is 687. The van der Waals surface area contributed by atoms with Crippen LogP contribution < -0.4 is 10.9 Å². The summed E-state index contributed by atoms with van der Waals surface area (Å²) in [4.78, 5) is 26.1. The summed E-state index contributed by atoms with van der Waals surface area (Å²) in [6, 6.07) is 8.13. The number of hydrogen-bond donors (Lipinski definition) is 2. The molecule has 4 saturated carbocycles. The summed E-state index contributed by atoms with van der Waals surface area (Å²) in [7, 11) is 0.